The summed E-state index contributed by atoms with van der Waals surface area (Å²) in [6.45, 7) is 0. The van der Waals surface area contributed by atoms with Crippen LogP contribution in [0.5, 0.6) is 0 Å². The zero-order chi connectivity index (χ0) is 13.7. The van der Waals surface area contributed by atoms with Gasteiger partial charge in [0.25, 0.3) is 0 Å². The largest absolute Gasteiger partial charge is 0.422 e. The summed E-state index contributed by atoms with van der Waals surface area (Å²) in [5.41, 5.74) is 10.5. The molecule has 2 aromatic rings. The quantitative estimate of drug-likeness (QED) is 0.721. The summed E-state index contributed by atoms with van der Waals surface area (Å²) in [6, 6.07) is 7.70. The Hall–Kier alpha value is -2.07. The molecule has 1 aliphatic carbocycles. The fraction of sp³-hybridized carbons (Fsp3) is 0.312. The number of nitrogens with two attached hydrogens (primary N) is 1. The van der Waals surface area contributed by atoms with Crippen molar-refractivity contribution in [2.75, 3.05) is 0 Å². The zero-order valence-corrected chi connectivity index (χ0v) is 11.1. The minimum Gasteiger partial charge on any atom is -0.422 e. The highest BCUT2D eigenvalue weighted by molar-refractivity contribution is 5.93. The Kier molecular flexibility index (Phi) is 2.47. The smallest absolute Gasteiger partial charge is 0.343 e. The average molecular weight is 268 g/mol. The van der Waals surface area contributed by atoms with Crippen LogP contribution in [0.3, 0.4) is 0 Å². The molecule has 1 unspecified atom stereocenters. The molecule has 0 fully saturated rings. The van der Waals surface area contributed by atoms with Crippen molar-refractivity contribution >= 4 is 16.5 Å². The topological polar surface area (TPSA) is 68.3 Å². The van der Waals surface area contributed by atoms with Gasteiger partial charge in [-0.25, -0.2) is 4.79 Å². The number of fused-ring (bicyclic) bond motifs is 4. The second-order valence-corrected chi connectivity index (χ2v) is 5.46. The van der Waals surface area contributed by atoms with Crippen LogP contribution in [0.15, 0.2) is 39.2 Å². The van der Waals surface area contributed by atoms with Crippen molar-refractivity contribution in [3.8, 4) is 0 Å². The van der Waals surface area contributed by atoms with E-state index in [-0.39, 0.29) is 5.63 Å². The molecule has 2 aliphatic rings. The third-order valence-electron chi connectivity index (χ3n) is 4.26. The van der Waals surface area contributed by atoms with E-state index in [1.807, 2.05) is 24.3 Å². The van der Waals surface area contributed by atoms with E-state index >= 15 is 0 Å². The van der Waals surface area contributed by atoms with E-state index < -0.39 is 6.17 Å². The van der Waals surface area contributed by atoms with Crippen molar-refractivity contribution in [3.05, 3.63) is 51.5 Å². The van der Waals surface area contributed by atoms with E-state index in [1.165, 1.54) is 17.7 Å². The highest BCUT2D eigenvalue weighted by atomic mass is 16.4. The molecule has 4 rings (SSSR count). The minimum absolute atomic E-state index is 0.323. The minimum atomic E-state index is -0.470. The van der Waals surface area contributed by atoms with E-state index in [2.05, 4.69) is 5.32 Å². The number of rotatable bonds is 0. The summed E-state index contributed by atoms with van der Waals surface area (Å²) in [7, 11) is 0. The van der Waals surface area contributed by atoms with Crippen molar-refractivity contribution in [2.45, 2.75) is 31.8 Å². The predicted molar refractivity (Wildman–Crippen MR) is 77.9 cm³/mol. The summed E-state index contributed by atoms with van der Waals surface area (Å²) in [6.07, 6.45) is 3.87. The molecule has 3 N–H and O–H groups in total. The highest BCUT2D eigenvalue weighted by Gasteiger charge is 2.30. The van der Waals surface area contributed by atoms with Crippen LogP contribution in [-0.4, -0.2) is 0 Å². The van der Waals surface area contributed by atoms with E-state index in [0.717, 1.165) is 30.2 Å². The first-order chi connectivity index (χ1) is 9.75. The number of para-hydroxylation sites is 1. The Balaban J connectivity index is 2.14. The van der Waals surface area contributed by atoms with Crippen LogP contribution in [0.2, 0.25) is 0 Å². The van der Waals surface area contributed by atoms with Crippen LogP contribution < -0.4 is 16.7 Å². The Bertz CT molecular complexity index is 789. The Morgan fingerprint density at radius 1 is 1.20 bits per heavy atom. The predicted octanol–water partition coefficient (Wildman–Crippen LogP) is 2.64. The molecule has 1 aromatic heterocycles. The van der Waals surface area contributed by atoms with Gasteiger partial charge in [0, 0.05) is 16.6 Å². The molecule has 4 heteroatoms. The molecule has 0 saturated heterocycles. The lowest BCUT2D eigenvalue weighted by atomic mass is 9.84. The van der Waals surface area contributed by atoms with Crippen LogP contribution in [0, 0.1) is 0 Å². The second kappa shape index (κ2) is 4.21. The molecule has 0 amide bonds. The van der Waals surface area contributed by atoms with Crippen LogP contribution in [-0.2, 0) is 0 Å². The van der Waals surface area contributed by atoms with Crippen LogP contribution in [0.25, 0.3) is 16.5 Å². The maximum atomic E-state index is 12.3. The standard InChI is InChI=1S/C16H16N2O2/c17-15-14-13(9-5-1-3-7-11(9)18-15)10-6-2-4-8-12(10)20-16(14)19/h2,4,6,8,15,18H,1,3,5,7,17H2. The highest BCUT2D eigenvalue weighted by Crippen LogP contribution is 2.40. The van der Waals surface area contributed by atoms with Crippen LogP contribution in [0.1, 0.15) is 43.0 Å². The number of allylic oxidation sites excluding steroid dienone is 2. The first kappa shape index (κ1) is 11.7. The number of hydrogen-bond donors (Lipinski definition) is 2. The maximum absolute atomic E-state index is 12.3. The lowest BCUT2D eigenvalue weighted by Crippen LogP contribution is -2.37. The third kappa shape index (κ3) is 1.55. The average Bonchev–Trinajstić information content (AvgIpc) is 2.46. The maximum Gasteiger partial charge on any atom is 0.343 e. The molecular weight excluding hydrogens is 252 g/mol. The van der Waals surface area contributed by atoms with Crippen LogP contribution >= 0.6 is 0 Å². The molecule has 20 heavy (non-hydrogen) atoms. The summed E-state index contributed by atoms with van der Waals surface area (Å²) in [5.74, 6) is 0. The molecule has 0 saturated carbocycles. The molecule has 2 heterocycles. The molecule has 0 radical (unpaired) electrons. The van der Waals surface area contributed by atoms with Crippen molar-refractivity contribution < 1.29 is 4.42 Å². The summed E-state index contributed by atoms with van der Waals surface area (Å²) in [4.78, 5) is 12.3. The first-order valence-electron chi connectivity index (χ1n) is 7.06. The van der Waals surface area contributed by atoms with Crippen LogP contribution in [0.4, 0.5) is 0 Å². The number of hydrogen-bond acceptors (Lipinski definition) is 4. The normalized spacial score (nSPS) is 21.4. The summed E-state index contributed by atoms with van der Waals surface area (Å²) in [5, 5.41) is 4.27. The molecule has 0 bridgehead atoms. The third-order valence-corrected chi connectivity index (χ3v) is 4.26. The van der Waals surface area contributed by atoms with E-state index in [4.69, 9.17) is 10.2 Å². The van der Waals surface area contributed by atoms with Gasteiger partial charge in [-0.2, -0.15) is 0 Å². The SMILES string of the molecule is NC1NC2=C(CCCC2)c2c1c(=O)oc1ccccc21. The summed E-state index contributed by atoms with van der Waals surface area (Å²) >= 11 is 0. The summed E-state index contributed by atoms with van der Waals surface area (Å²) < 4.78 is 5.41. The van der Waals surface area contributed by atoms with Gasteiger partial charge in [0.15, 0.2) is 0 Å². The Morgan fingerprint density at radius 3 is 2.90 bits per heavy atom. The Labute approximate surface area is 116 Å². The van der Waals surface area contributed by atoms with Gasteiger partial charge in [-0.3, -0.25) is 0 Å². The van der Waals surface area contributed by atoms with Crippen molar-refractivity contribution in [1.82, 2.24) is 5.32 Å². The van der Waals surface area contributed by atoms with E-state index in [1.54, 1.807) is 0 Å². The van der Waals surface area contributed by atoms with E-state index in [9.17, 15) is 4.79 Å². The monoisotopic (exact) mass is 268 g/mol. The van der Waals surface area contributed by atoms with Gasteiger partial charge < -0.3 is 15.5 Å². The van der Waals surface area contributed by atoms with Gasteiger partial charge in [0.05, 0.1) is 5.56 Å². The Morgan fingerprint density at radius 2 is 2.00 bits per heavy atom. The fourth-order valence-corrected chi connectivity index (χ4v) is 3.37. The van der Waals surface area contributed by atoms with E-state index in [0.29, 0.717) is 11.1 Å². The van der Waals surface area contributed by atoms with Crippen molar-refractivity contribution in [2.24, 2.45) is 5.73 Å². The van der Waals surface area contributed by atoms with Gasteiger partial charge in [-0.05, 0) is 37.3 Å². The number of nitrogens with one attached hydrogen (secondary N) is 1. The lowest BCUT2D eigenvalue weighted by Gasteiger charge is -2.32. The lowest BCUT2D eigenvalue weighted by molar-refractivity contribution is 0.501. The number of benzene rings is 1. The first-order valence-corrected chi connectivity index (χ1v) is 7.06. The van der Waals surface area contributed by atoms with Gasteiger partial charge in [0.2, 0.25) is 0 Å². The molecule has 0 spiro atoms. The molecule has 1 aliphatic heterocycles. The molecule has 1 aromatic carbocycles. The van der Waals surface area contributed by atoms with Gasteiger partial charge in [-0.1, -0.05) is 18.2 Å². The molecule has 4 nitrogen and oxygen atoms in total. The van der Waals surface area contributed by atoms with Gasteiger partial charge in [0.1, 0.15) is 11.7 Å². The molecule has 102 valence electrons. The van der Waals surface area contributed by atoms with Gasteiger partial charge >= 0.3 is 5.63 Å². The zero-order valence-electron chi connectivity index (χ0n) is 11.1. The molecule has 1 atom stereocenters. The molecular formula is C16H16N2O2. The van der Waals surface area contributed by atoms with Crippen molar-refractivity contribution in [3.63, 3.8) is 0 Å². The van der Waals surface area contributed by atoms with Gasteiger partial charge in [-0.15, -0.1) is 0 Å². The fourth-order valence-electron chi connectivity index (χ4n) is 3.37. The second-order valence-electron chi connectivity index (χ2n) is 5.46. The van der Waals surface area contributed by atoms with Crippen molar-refractivity contribution in [1.29, 1.82) is 0 Å².